The van der Waals surface area contributed by atoms with E-state index in [0.717, 1.165) is 37.1 Å². The molecule has 0 saturated carbocycles. The van der Waals surface area contributed by atoms with Crippen LogP contribution in [-0.4, -0.2) is 23.5 Å². The van der Waals surface area contributed by atoms with Gasteiger partial charge in [0.15, 0.2) is 0 Å². The Morgan fingerprint density at radius 1 is 0.471 bits per heavy atom. The first kappa shape index (κ1) is 20.8. The minimum absolute atomic E-state index is 0.219. The first-order valence-electron chi connectivity index (χ1n) is 12.2. The van der Waals surface area contributed by atoms with Gasteiger partial charge in [0.25, 0.3) is 0 Å². The molecule has 2 nitrogen and oxygen atoms in total. The van der Waals surface area contributed by atoms with E-state index in [0.29, 0.717) is 0 Å². The van der Waals surface area contributed by atoms with E-state index in [4.69, 9.17) is 9.98 Å². The highest BCUT2D eigenvalue weighted by atomic mass is 14.9. The highest BCUT2D eigenvalue weighted by molar-refractivity contribution is 6.54. The Morgan fingerprint density at radius 3 is 1.29 bits per heavy atom. The molecule has 0 radical (unpaired) electrons. The van der Waals surface area contributed by atoms with Crippen molar-refractivity contribution in [1.29, 1.82) is 0 Å². The van der Waals surface area contributed by atoms with Gasteiger partial charge in [0.1, 0.15) is 0 Å². The largest absolute Gasteiger partial charge is 0.278 e. The molecule has 2 aliphatic rings. The standard InChI is InChI=1S/C32H28N2/c1-3-11-23(12-4-1)19-27-21-25-15-7-9-17-29(25)31(33-27)32-30-18-10-8-16-26(30)22-28(34-32)20-24-13-5-2-6-14-24/h1-18,27-28H,19-22H2/t27-,28-/m0/s1. The van der Waals surface area contributed by atoms with Crippen LogP contribution in [0.25, 0.3) is 0 Å². The lowest BCUT2D eigenvalue weighted by molar-refractivity contribution is 0.652. The first-order chi connectivity index (χ1) is 16.8. The summed E-state index contributed by atoms with van der Waals surface area (Å²) in [5.74, 6) is 0. The van der Waals surface area contributed by atoms with E-state index in [9.17, 15) is 0 Å². The predicted octanol–water partition coefficient (Wildman–Crippen LogP) is 6.30. The Morgan fingerprint density at radius 2 is 0.853 bits per heavy atom. The van der Waals surface area contributed by atoms with E-state index in [1.54, 1.807) is 0 Å². The molecule has 0 spiro atoms. The molecule has 0 unspecified atom stereocenters. The Balaban J connectivity index is 1.43. The summed E-state index contributed by atoms with van der Waals surface area (Å²) in [5.41, 5.74) is 10.0. The van der Waals surface area contributed by atoms with Crippen LogP contribution in [0.15, 0.2) is 119 Å². The summed E-state index contributed by atoms with van der Waals surface area (Å²) in [6, 6.07) is 39.4. The smallest absolute Gasteiger partial charge is 0.0911 e. The van der Waals surface area contributed by atoms with E-state index >= 15 is 0 Å². The summed E-state index contributed by atoms with van der Waals surface area (Å²) < 4.78 is 0. The number of benzene rings is 4. The maximum absolute atomic E-state index is 5.37. The molecule has 2 aliphatic heterocycles. The van der Waals surface area contributed by atoms with Gasteiger partial charge in [-0.05, 0) is 47.9 Å². The minimum atomic E-state index is 0.219. The van der Waals surface area contributed by atoms with Gasteiger partial charge in [-0.3, -0.25) is 9.98 Å². The lowest BCUT2D eigenvalue weighted by atomic mass is 9.84. The van der Waals surface area contributed by atoms with E-state index < -0.39 is 0 Å². The van der Waals surface area contributed by atoms with Crippen molar-refractivity contribution in [3.8, 4) is 0 Å². The van der Waals surface area contributed by atoms with Crippen LogP contribution in [0.1, 0.15) is 33.4 Å². The third-order valence-electron chi connectivity index (χ3n) is 6.93. The van der Waals surface area contributed by atoms with Gasteiger partial charge in [-0.1, -0.05) is 109 Å². The Labute approximate surface area is 201 Å². The third-order valence-corrected chi connectivity index (χ3v) is 6.93. The van der Waals surface area contributed by atoms with Crippen LogP contribution >= 0.6 is 0 Å². The van der Waals surface area contributed by atoms with E-state index in [1.165, 1.54) is 33.4 Å². The number of hydrogen-bond acceptors (Lipinski definition) is 2. The van der Waals surface area contributed by atoms with E-state index in [1.807, 2.05) is 0 Å². The van der Waals surface area contributed by atoms with Gasteiger partial charge >= 0.3 is 0 Å². The molecule has 4 aromatic rings. The molecule has 0 aliphatic carbocycles. The van der Waals surface area contributed by atoms with Crippen LogP contribution in [0.4, 0.5) is 0 Å². The fourth-order valence-electron chi connectivity index (χ4n) is 5.35. The van der Waals surface area contributed by atoms with Crippen molar-refractivity contribution in [2.75, 3.05) is 0 Å². The Hall–Kier alpha value is -3.78. The number of fused-ring (bicyclic) bond motifs is 2. The lowest BCUT2D eigenvalue weighted by Crippen LogP contribution is -2.33. The van der Waals surface area contributed by atoms with Crippen LogP contribution in [0.5, 0.6) is 0 Å². The molecule has 2 heterocycles. The second-order valence-corrected chi connectivity index (χ2v) is 9.37. The number of aliphatic imine (C=N–C) groups is 2. The van der Waals surface area contributed by atoms with Crippen molar-refractivity contribution in [1.82, 2.24) is 0 Å². The summed E-state index contributed by atoms with van der Waals surface area (Å²) in [7, 11) is 0. The molecule has 166 valence electrons. The molecule has 0 fully saturated rings. The zero-order chi connectivity index (χ0) is 22.7. The monoisotopic (exact) mass is 440 g/mol. The second-order valence-electron chi connectivity index (χ2n) is 9.37. The number of rotatable bonds is 5. The quantitative estimate of drug-likeness (QED) is 0.348. The minimum Gasteiger partial charge on any atom is -0.278 e. The van der Waals surface area contributed by atoms with Crippen molar-refractivity contribution < 1.29 is 0 Å². The summed E-state index contributed by atoms with van der Waals surface area (Å²) in [4.78, 5) is 10.7. The molecule has 0 amide bonds. The summed E-state index contributed by atoms with van der Waals surface area (Å²) in [6.07, 6.45) is 3.83. The second kappa shape index (κ2) is 9.23. The van der Waals surface area contributed by atoms with Gasteiger partial charge in [-0.25, -0.2) is 0 Å². The van der Waals surface area contributed by atoms with Gasteiger partial charge in [0.05, 0.1) is 23.5 Å². The molecule has 2 atom stereocenters. The highest BCUT2D eigenvalue weighted by Gasteiger charge is 2.29. The lowest BCUT2D eigenvalue weighted by Gasteiger charge is -2.29. The van der Waals surface area contributed by atoms with Crippen molar-refractivity contribution in [3.05, 3.63) is 143 Å². The molecule has 4 aromatic carbocycles. The zero-order valence-corrected chi connectivity index (χ0v) is 19.3. The molecule has 0 N–H and O–H groups in total. The summed E-state index contributed by atoms with van der Waals surface area (Å²) >= 11 is 0. The predicted molar refractivity (Wildman–Crippen MR) is 141 cm³/mol. The van der Waals surface area contributed by atoms with Crippen LogP contribution in [0.2, 0.25) is 0 Å². The Kier molecular flexibility index (Phi) is 5.64. The van der Waals surface area contributed by atoms with Crippen molar-refractivity contribution in [2.45, 2.75) is 37.8 Å². The highest BCUT2D eigenvalue weighted by Crippen LogP contribution is 2.29. The van der Waals surface area contributed by atoms with Crippen LogP contribution in [-0.2, 0) is 25.7 Å². The fourth-order valence-corrected chi connectivity index (χ4v) is 5.35. The maximum atomic E-state index is 5.37. The van der Waals surface area contributed by atoms with Crippen molar-refractivity contribution >= 4 is 11.4 Å². The van der Waals surface area contributed by atoms with Gasteiger partial charge < -0.3 is 0 Å². The van der Waals surface area contributed by atoms with Gasteiger partial charge in [-0.15, -0.1) is 0 Å². The first-order valence-corrected chi connectivity index (χ1v) is 12.2. The average Bonchev–Trinajstić information content (AvgIpc) is 2.89. The fraction of sp³-hybridized carbons (Fsp3) is 0.188. The molecular formula is C32H28N2. The maximum Gasteiger partial charge on any atom is 0.0911 e. The summed E-state index contributed by atoms with van der Waals surface area (Å²) in [6.45, 7) is 0. The van der Waals surface area contributed by atoms with Gasteiger partial charge in [-0.2, -0.15) is 0 Å². The normalized spacial score (nSPS) is 18.9. The molecule has 6 rings (SSSR count). The van der Waals surface area contributed by atoms with Gasteiger partial charge in [0.2, 0.25) is 0 Å². The summed E-state index contributed by atoms with van der Waals surface area (Å²) in [5, 5.41) is 0. The zero-order valence-electron chi connectivity index (χ0n) is 19.3. The van der Waals surface area contributed by atoms with Gasteiger partial charge in [0, 0.05) is 11.1 Å². The molecule has 0 aromatic heterocycles. The topological polar surface area (TPSA) is 24.7 Å². The molecule has 0 saturated heterocycles. The average molecular weight is 441 g/mol. The third kappa shape index (κ3) is 4.24. The Bertz CT molecular complexity index is 1250. The number of nitrogens with zero attached hydrogens (tertiary/aromatic N) is 2. The molecule has 0 bridgehead atoms. The molecule has 2 heteroatoms. The van der Waals surface area contributed by atoms with Crippen LogP contribution in [0.3, 0.4) is 0 Å². The van der Waals surface area contributed by atoms with E-state index in [2.05, 4.69) is 109 Å². The SMILES string of the molecule is c1ccc(C[C@H]2Cc3ccccc3C(C3=N[C@@H](Cc4ccccc4)Cc4ccccc43)=N2)cc1. The van der Waals surface area contributed by atoms with Crippen LogP contribution in [0, 0.1) is 0 Å². The number of hydrogen-bond donors (Lipinski definition) is 0. The van der Waals surface area contributed by atoms with Crippen LogP contribution < -0.4 is 0 Å². The van der Waals surface area contributed by atoms with Crippen molar-refractivity contribution in [2.24, 2.45) is 9.98 Å². The molecule has 34 heavy (non-hydrogen) atoms. The van der Waals surface area contributed by atoms with Crippen molar-refractivity contribution in [3.63, 3.8) is 0 Å². The van der Waals surface area contributed by atoms with E-state index in [-0.39, 0.29) is 12.1 Å². The molecular weight excluding hydrogens is 412 g/mol.